The van der Waals surface area contributed by atoms with Gasteiger partial charge in [-0.3, -0.25) is 8.97 Å². The predicted molar refractivity (Wildman–Crippen MR) is 94.5 cm³/mol. The highest BCUT2D eigenvalue weighted by Crippen LogP contribution is 2.32. The van der Waals surface area contributed by atoms with Gasteiger partial charge >= 0.3 is 0 Å². The van der Waals surface area contributed by atoms with Crippen molar-refractivity contribution in [2.75, 3.05) is 0 Å². The molecule has 3 nitrogen and oxygen atoms in total. The van der Waals surface area contributed by atoms with Crippen LogP contribution in [0, 0.1) is 0 Å². The zero-order valence-corrected chi connectivity index (χ0v) is 12.9. The third-order valence-electron chi connectivity index (χ3n) is 4.19. The van der Waals surface area contributed by atoms with Crippen LogP contribution in [-0.2, 0) is 0 Å². The summed E-state index contributed by atoms with van der Waals surface area (Å²) in [4.78, 5) is 4.84. The van der Waals surface area contributed by atoms with Gasteiger partial charge in [0.05, 0.1) is 27.1 Å². The van der Waals surface area contributed by atoms with Gasteiger partial charge in [-0.05, 0) is 36.4 Å². The van der Waals surface area contributed by atoms with Gasteiger partial charge in [-0.2, -0.15) is 0 Å². The summed E-state index contributed by atoms with van der Waals surface area (Å²) in [5.74, 6) is 0.875. The van der Waals surface area contributed by atoms with Crippen LogP contribution in [0.2, 0.25) is 5.02 Å². The van der Waals surface area contributed by atoms with Crippen molar-refractivity contribution in [1.29, 1.82) is 0 Å². The van der Waals surface area contributed by atoms with Crippen LogP contribution in [0.5, 0.6) is 0 Å². The normalized spacial score (nSPS) is 11.7. The number of imidazole rings is 2. The number of para-hydroxylation sites is 4. The highest BCUT2D eigenvalue weighted by Gasteiger charge is 2.18. The number of fused-ring (bicyclic) bond motifs is 5. The third-order valence-corrected chi connectivity index (χ3v) is 4.49. The Hall–Kier alpha value is -2.78. The maximum absolute atomic E-state index is 6.53. The Morgan fingerprint density at radius 3 is 2.35 bits per heavy atom. The minimum atomic E-state index is 0.723. The Labute approximate surface area is 137 Å². The Bertz CT molecular complexity index is 1170. The molecule has 0 radical (unpaired) electrons. The van der Waals surface area contributed by atoms with Crippen molar-refractivity contribution in [2.24, 2.45) is 0 Å². The molecule has 0 amide bonds. The summed E-state index contributed by atoms with van der Waals surface area (Å²) in [7, 11) is 0. The molecular formula is C19H12ClN3. The zero-order chi connectivity index (χ0) is 15.4. The summed E-state index contributed by atoms with van der Waals surface area (Å²) in [6.45, 7) is 0. The minimum absolute atomic E-state index is 0.723. The molecule has 5 aromatic rings. The first-order valence-electron chi connectivity index (χ1n) is 7.46. The van der Waals surface area contributed by atoms with Gasteiger partial charge in [-0.1, -0.05) is 48.0 Å². The molecule has 0 aliphatic carbocycles. The number of aromatic nitrogens is 3. The fourth-order valence-corrected chi connectivity index (χ4v) is 3.48. The number of hydrogen-bond donors (Lipinski definition) is 0. The third kappa shape index (κ3) is 1.68. The van der Waals surface area contributed by atoms with E-state index in [1.165, 1.54) is 0 Å². The molecule has 0 atom stereocenters. The number of nitrogens with zero attached hydrogens (tertiary/aromatic N) is 3. The maximum Gasteiger partial charge on any atom is 0.220 e. The first kappa shape index (κ1) is 12.7. The highest BCUT2D eigenvalue weighted by atomic mass is 35.5. The second kappa shape index (κ2) is 4.61. The summed E-state index contributed by atoms with van der Waals surface area (Å²) in [6, 6.07) is 24.4. The fraction of sp³-hybridized carbons (Fsp3) is 0. The SMILES string of the molecule is Clc1cccc2c1n(-c1ccccc1)c1nc3ccccc3n21. The van der Waals surface area contributed by atoms with Crippen LogP contribution in [0.3, 0.4) is 0 Å². The van der Waals surface area contributed by atoms with E-state index in [9.17, 15) is 0 Å². The van der Waals surface area contributed by atoms with E-state index in [-0.39, 0.29) is 0 Å². The van der Waals surface area contributed by atoms with E-state index in [0.717, 1.165) is 38.6 Å². The largest absolute Gasteiger partial charge is 0.277 e. The van der Waals surface area contributed by atoms with Crippen molar-refractivity contribution >= 4 is 39.4 Å². The van der Waals surface area contributed by atoms with E-state index in [4.69, 9.17) is 16.6 Å². The van der Waals surface area contributed by atoms with Crippen LogP contribution in [-0.4, -0.2) is 14.0 Å². The summed E-state index contributed by atoms with van der Waals surface area (Å²) in [5, 5.41) is 0.723. The van der Waals surface area contributed by atoms with Gasteiger partial charge < -0.3 is 0 Å². The Kier molecular flexibility index (Phi) is 2.55. The highest BCUT2D eigenvalue weighted by molar-refractivity contribution is 6.35. The van der Waals surface area contributed by atoms with Crippen molar-refractivity contribution in [3.8, 4) is 5.69 Å². The molecule has 0 aliphatic rings. The van der Waals surface area contributed by atoms with Crippen LogP contribution < -0.4 is 0 Å². The first-order chi connectivity index (χ1) is 11.3. The van der Waals surface area contributed by atoms with Crippen molar-refractivity contribution in [2.45, 2.75) is 0 Å². The van der Waals surface area contributed by atoms with E-state index in [1.807, 2.05) is 48.5 Å². The van der Waals surface area contributed by atoms with Gasteiger partial charge in [0, 0.05) is 5.69 Å². The average molecular weight is 318 g/mol. The molecule has 0 fully saturated rings. The summed E-state index contributed by atoms with van der Waals surface area (Å²) < 4.78 is 4.29. The molecule has 0 N–H and O–H groups in total. The van der Waals surface area contributed by atoms with Gasteiger partial charge in [0.2, 0.25) is 5.78 Å². The Morgan fingerprint density at radius 1 is 0.739 bits per heavy atom. The van der Waals surface area contributed by atoms with E-state index >= 15 is 0 Å². The van der Waals surface area contributed by atoms with Gasteiger partial charge in [-0.15, -0.1) is 0 Å². The number of benzene rings is 3. The second-order valence-corrected chi connectivity index (χ2v) is 5.92. The molecular weight excluding hydrogens is 306 g/mol. The number of rotatable bonds is 1. The Balaban J connectivity index is 2.09. The van der Waals surface area contributed by atoms with Gasteiger partial charge in [0.1, 0.15) is 0 Å². The standard InChI is InChI=1S/C19H12ClN3/c20-14-9-6-12-17-18(14)22(13-7-2-1-3-8-13)19-21-15-10-4-5-11-16(15)23(17)19/h1-12H. The summed E-state index contributed by atoms with van der Waals surface area (Å²) >= 11 is 6.53. The van der Waals surface area contributed by atoms with E-state index in [0.29, 0.717) is 0 Å². The van der Waals surface area contributed by atoms with E-state index in [1.54, 1.807) is 0 Å². The summed E-state index contributed by atoms with van der Waals surface area (Å²) in [5.41, 5.74) is 5.16. The van der Waals surface area contributed by atoms with Crippen molar-refractivity contribution in [3.05, 3.63) is 77.8 Å². The lowest BCUT2D eigenvalue weighted by atomic mass is 10.2. The van der Waals surface area contributed by atoms with E-state index < -0.39 is 0 Å². The smallest absolute Gasteiger partial charge is 0.220 e. The summed E-state index contributed by atoms with van der Waals surface area (Å²) in [6.07, 6.45) is 0. The van der Waals surface area contributed by atoms with Gasteiger partial charge in [-0.25, -0.2) is 4.98 Å². The average Bonchev–Trinajstić information content (AvgIpc) is 3.11. The second-order valence-electron chi connectivity index (χ2n) is 5.51. The molecule has 0 unspecified atom stereocenters. The van der Waals surface area contributed by atoms with Crippen LogP contribution in [0.1, 0.15) is 0 Å². The molecule has 0 spiro atoms. The monoisotopic (exact) mass is 317 g/mol. The zero-order valence-electron chi connectivity index (χ0n) is 12.1. The molecule has 5 rings (SSSR count). The van der Waals surface area contributed by atoms with E-state index in [2.05, 4.69) is 33.2 Å². The van der Waals surface area contributed by atoms with Crippen LogP contribution >= 0.6 is 11.6 Å². The molecule has 23 heavy (non-hydrogen) atoms. The molecule has 110 valence electrons. The molecule has 0 saturated heterocycles. The fourth-order valence-electron chi connectivity index (χ4n) is 3.23. The van der Waals surface area contributed by atoms with Gasteiger partial charge in [0.15, 0.2) is 0 Å². The molecule has 0 saturated carbocycles. The van der Waals surface area contributed by atoms with Crippen LogP contribution in [0.15, 0.2) is 72.8 Å². The topological polar surface area (TPSA) is 22.2 Å². The first-order valence-corrected chi connectivity index (χ1v) is 7.84. The molecule has 2 aromatic heterocycles. The molecule has 0 aliphatic heterocycles. The van der Waals surface area contributed by atoms with Crippen molar-refractivity contribution < 1.29 is 0 Å². The number of halogens is 1. The quantitative estimate of drug-likeness (QED) is 0.422. The molecule has 0 bridgehead atoms. The van der Waals surface area contributed by atoms with Crippen molar-refractivity contribution in [1.82, 2.24) is 14.0 Å². The maximum atomic E-state index is 6.53. The molecule has 2 heterocycles. The lowest BCUT2D eigenvalue weighted by Gasteiger charge is -2.05. The Morgan fingerprint density at radius 2 is 1.48 bits per heavy atom. The molecule has 4 heteroatoms. The predicted octanol–water partition coefficient (Wildman–Crippen LogP) is 5.08. The van der Waals surface area contributed by atoms with Gasteiger partial charge in [0.25, 0.3) is 0 Å². The molecule has 3 aromatic carbocycles. The lowest BCUT2D eigenvalue weighted by molar-refractivity contribution is 1.11. The lowest BCUT2D eigenvalue weighted by Crippen LogP contribution is -1.94. The van der Waals surface area contributed by atoms with Crippen LogP contribution in [0.4, 0.5) is 0 Å². The van der Waals surface area contributed by atoms with Crippen LogP contribution in [0.25, 0.3) is 33.5 Å². The number of hydrogen-bond acceptors (Lipinski definition) is 1. The minimum Gasteiger partial charge on any atom is -0.277 e. The van der Waals surface area contributed by atoms with Crippen molar-refractivity contribution in [3.63, 3.8) is 0 Å².